The van der Waals surface area contributed by atoms with Crippen molar-refractivity contribution in [2.24, 2.45) is 0 Å². The number of hydrogen-bond donors (Lipinski definition) is 0. The van der Waals surface area contributed by atoms with E-state index >= 15 is 0 Å². The molecule has 26 heavy (non-hydrogen) atoms. The van der Waals surface area contributed by atoms with Gasteiger partial charge in [-0.2, -0.15) is 0 Å². The summed E-state index contributed by atoms with van der Waals surface area (Å²) >= 11 is 0. The normalized spacial score (nSPS) is 14.3. The van der Waals surface area contributed by atoms with Crippen molar-refractivity contribution in [3.63, 3.8) is 0 Å². The molecule has 0 bridgehead atoms. The van der Waals surface area contributed by atoms with Crippen molar-refractivity contribution in [2.45, 2.75) is 33.6 Å². The Hall–Kier alpha value is -2.31. The number of amides is 2. The zero-order chi connectivity index (χ0) is 18.9. The van der Waals surface area contributed by atoms with Gasteiger partial charge in [-0.25, -0.2) is 9.78 Å². The predicted octanol–water partition coefficient (Wildman–Crippen LogP) is 2.62. The molecule has 1 aromatic heterocycles. The minimum Gasteiger partial charge on any atom is -0.450 e. The van der Waals surface area contributed by atoms with Crippen molar-refractivity contribution in [1.82, 2.24) is 14.8 Å². The molecule has 7 heteroatoms. The van der Waals surface area contributed by atoms with Gasteiger partial charge < -0.3 is 19.4 Å². The fourth-order valence-corrected chi connectivity index (χ4v) is 3.09. The van der Waals surface area contributed by atoms with E-state index in [0.29, 0.717) is 38.3 Å². The first-order chi connectivity index (χ1) is 12.6. The standard InChI is InChI=1S/C19H30N4O3/c1-4-9-21(10-5-2)17-15-16(7-8-20-17)18(24)22-11-13-23(14-12-22)19(25)26-6-3/h7-8,15H,4-6,9-14H2,1-3H3. The molecule has 1 aliphatic heterocycles. The van der Waals surface area contributed by atoms with Gasteiger partial charge in [-0.3, -0.25) is 4.79 Å². The van der Waals surface area contributed by atoms with Crippen molar-refractivity contribution in [3.8, 4) is 0 Å². The van der Waals surface area contributed by atoms with E-state index < -0.39 is 0 Å². The van der Waals surface area contributed by atoms with Gasteiger partial charge in [0.1, 0.15) is 5.82 Å². The molecule has 144 valence electrons. The minimum absolute atomic E-state index is 0.00916. The van der Waals surface area contributed by atoms with E-state index in [1.54, 1.807) is 29.0 Å². The number of piperazine rings is 1. The summed E-state index contributed by atoms with van der Waals surface area (Å²) in [5.74, 6) is 0.842. The number of carbonyl (C=O) groups is 2. The lowest BCUT2D eigenvalue weighted by atomic mass is 10.2. The van der Waals surface area contributed by atoms with Crippen LogP contribution in [0.5, 0.6) is 0 Å². The monoisotopic (exact) mass is 362 g/mol. The van der Waals surface area contributed by atoms with E-state index in [0.717, 1.165) is 31.7 Å². The number of pyridine rings is 1. The Morgan fingerprint density at radius 2 is 1.69 bits per heavy atom. The Morgan fingerprint density at radius 3 is 2.27 bits per heavy atom. The van der Waals surface area contributed by atoms with Gasteiger partial charge in [0.2, 0.25) is 0 Å². The second kappa shape index (κ2) is 9.99. The molecule has 0 spiro atoms. The third-order valence-electron chi connectivity index (χ3n) is 4.40. The third-order valence-corrected chi connectivity index (χ3v) is 4.40. The second-order valence-corrected chi connectivity index (χ2v) is 6.37. The van der Waals surface area contributed by atoms with Gasteiger partial charge in [-0.15, -0.1) is 0 Å². The Bertz CT molecular complexity index is 594. The van der Waals surface area contributed by atoms with Crippen molar-refractivity contribution in [1.29, 1.82) is 0 Å². The molecule has 2 rings (SSSR count). The summed E-state index contributed by atoms with van der Waals surface area (Å²) in [6, 6.07) is 3.64. The van der Waals surface area contributed by atoms with E-state index in [1.165, 1.54) is 0 Å². The van der Waals surface area contributed by atoms with Crippen LogP contribution < -0.4 is 4.90 Å². The first-order valence-electron chi connectivity index (χ1n) is 9.52. The minimum atomic E-state index is -0.305. The molecule has 1 fully saturated rings. The average Bonchev–Trinajstić information content (AvgIpc) is 2.67. The van der Waals surface area contributed by atoms with Crippen molar-refractivity contribution in [3.05, 3.63) is 23.9 Å². The predicted molar refractivity (Wildman–Crippen MR) is 102 cm³/mol. The summed E-state index contributed by atoms with van der Waals surface area (Å²) in [6.45, 7) is 10.3. The highest BCUT2D eigenvalue weighted by molar-refractivity contribution is 5.95. The van der Waals surface area contributed by atoms with Crippen LogP contribution in [0.1, 0.15) is 44.0 Å². The van der Waals surface area contributed by atoms with E-state index in [4.69, 9.17) is 4.74 Å². The van der Waals surface area contributed by atoms with E-state index in [-0.39, 0.29) is 12.0 Å². The largest absolute Gasteiger partial charge is 0.450 e. The summed E-state index contributed by atoms with van der Waals surface area (Å²) in [6.07, 6.45) is 3.47. The summed E-state index contributed by atoms with van der Waals surface area (Å²) in [4.78, 5) is 34.7. The molecule has 0 N–H and O–H groups in total. The number of nitrogens with zero attached hydrogens (tertiary/aromatic N) is 4. The fourth-order valence-electron chi connectivity index (χ4n) is 3.09. The Balaban J connectivity index is 2.02. The number of anilines is 1. The fraction of sp³-hybridized carbons (Fsp3) is 0.632. The highest BCUT2D eigenvalue weighted by Gasteiger charge is 2.25. The molecule has 1 aliphatic rings. The Morgan fingerprint density at radius 1 is 1.08 bits per heavy atom. The van der Waals surface area contributed by atoms with Crippen molar-refractivity contribution < 1.29 is 14.3 Å². The molecule has 2 amide bonds. The molecule has 0 aliphatic carbocycles. The van der Waals surface area contributed by atoms with Crippen molar-refractivity contribution in [2.75, 3.05) is 50.8 Å². The molecular formula is C19H30N4O3. The quantitative estimate of drug-likeness (QED) is 0.746. The van der Waals surface area contributed by atoms with Gasteiger partial charge in [-0.05, 0) is 31.9 Å². The smallest absolute Gasteiger partial charge is 0.409 e. The van der Waals surface area contributed by atoms with Crippen LogP contribution in [0, 0.1) is 0 Å². The average molecular weight is 362 g/mol. The zero-order valence-corrected chi connectivity index (χ0v) is 16.1. The number of hydrogen-bond acceptors (Lipinski definition) is 5. The van der Waals surface area contributed by atoms with Crippen LogP contribution in [0.3, 0.4) is 0 Å². The summed E-state index contributed by atoms with van der Waals surface area (Å²) in [7, 11) is 0. The molecule has 0 saturated carbocycles. The topological polar surface area (TPSA) is 66.0 Å². The van der Waals surface area contributed by atoms with E-state index in [2.05, 4.69) is 23.7 Å². The molecule has 0 atom stereocenters. The van der Waals surface area contributed by atoms with Gasteiger partial charge in [0.15, 0.2) is 0 Å². The van der Waals surface area contributed by atoms with E-state index in [1.807, 2.05) is 6.07 Å². The molecule has 1 aromatic rings. The lowest BCUT2D eigenvalue weighted by Crippen LogP contribution is -2.50. The maximum Gasteiger partial charge on any atom is 0.409 e. The maximum absolute atomic E-state index is 12.8. The van der Waals surface area contributed by atoms with Crippen LogP contribution in [0.25, 0.3) is 0 Å². The van der Waals surface area contributed by atoms with Gasteiger partial charge in [-0.1, -0.05) is 13.8 Å². The molecule has 2 heterocycles. The SMILES string of the molecule is CCCN(CCC)c1cc(C(=O)N2CCN(C(=O)OCC)CC2)ccn1. The molecule has 0 radical (unpaired) electrons. The zero-order valence-electron chi connectivity index (χ0n) is 16.1. The van der Waals surface area contributed by atoms with Crippen LogP contribution in [0.15, 0.2) is 18.3 Å². The first-order valence-corrected chi connectivity index (χ1v) is 9.52. The highest BCUT2D eigenvalue weighted by atomic mass is 16.6. The number of rotatable bonds is 7. The summed E-state index contributed by atoms with van der Waals surface area (Å²) in [5.41, 5.74) is 0.650. The van der Waals surface area contributed by atoms with Gasteiger partial charge in [0, 0.05) is 51.0 Å². The number of ether oxygens (including phenoxy) is 1. The Labute approximate surface area is 155 Å². The summed E-state index contributed by atoms with van der Waals surface area (Å²) in [5, 5.41) is 0. The molecule has 7 nitrogen and oxygen atoms in total. The highest BCUT2D eigenvalue weighted by Crippen LogP contribution is 2.16. The number of carbonyl (C=O) groups excluding carboxylic acids is 2. The lowest BCUT2D eigenvalue weighted by molar-refractivity contribution is 0.0570. The summed E-state index contributed by atoms with van der Waals surface area (Å²) < 4.78 is 5.02. The maximum atomic E-state index is 12.8. The van der Waals surface area contributed by atoms with Gasteiger partial charge in [0.25, 0.3) is 5.91 Å². The van der Waals surface area contributed by atoms with Crippen LogP contribution >= 0.6 is 0 Å². The van der Waals surface area contributed by atoms with Crippen LogP contribution in [0.2, 0.25) is 0 Å². The Kier molecular flexibility index (Phi) is 7.69. The molecule has 1 saturated heterocycles. The van der Waals surface area contributed by atoms with Crippen LogP contribution in [-0.4, -0.2) is 72.7 Å². The second-order valence-electron chi connectivity index (χ2n) is 6.37. The van der Waals surface area contributed by atoms with Gasteiger partial charge >= 0.3 is 6.09 Å². The molecule has 0 aromatic carbocycles. The van der Waals surface area contributed by atoms with Gasteiger partial charge in [0.05, 0.1) is 6.61 Å². The van der Waals surface area contributed by atoms with Crippen LogP contribution in [0.4, 0.5) is 10.6 Å². The van der Waals surface area contributed by atoms with Crippen molar-refractivity contribution >= 4 is 17.8 Å². The van der Waals surface area contributed by atoms with Crippen LogP contribution in [-0.2, 0) is 4.74 Å². The third kappa shape index (κ3) is 5.09. The first kappa shape index (κ1) is 20.0. The molecular weight excluding hydrogens is 332 g/mol. The molecule has 0 unspecified atom stereocenters. The number of aromatic nitrogens is 1. The lowest BCUT2D eigenvalue weighted by Gasteiger charge is -2.34. The van der Waals surface area contributed by atoms with E-state index in [9.17, 15) is 9.59 Å².